The second-order valence-electron chi connectivity index (χ2n) is 22.4. The van der Waals surface area contributed by atoms with Gasteiger partial charge in [0.15, 0.2) is 6.10 Å². The van der Waals surface area contributed by atoms with E-state index in [1.54, 1.807) is 0 Å². The van der Waals surface area contributed by atoms with Crippen LogP contribution in [0.15, 0.2) is 85.1 Å². The summed E-state index contributed by atoms with van der Waals surface area (Å²) in [7, 11) is 0. The molecule has 0 radical (unpaired) electrons. The first kappa shape index (κ1) is 74.6. The van der Waals surface area contributed by atoms with Gasteiger partial charge in [0.2, 0.25) is 0 Å². The maximum absolute atomic E-state index is 12.9. The summed E-state index contributed by atoms with van der Waals surface area (Å²) >= 11 is 0. The lowest BCUT2D eigenvalue weighted by molar-refractivity contribution is -0.167. The van der Waals surface area contributed by atoms with Gasteiger partial charge >= 0.3 is 17.9 Å². The number of ether oxygens (including phenoxy) is 3. The Balaban J connectivity index is 4.15. The molecule has 6 heteroatoms. The van der Waals surface area contributed by atoms with Gasteiger partial charge in [0.25, 0.3) is 0 Å². The summed E-state index contributed by atoms with van der Waals surface area (Å²) < 4.78 is 16.9. The van der Waals surface area contributed by atoms with Gasteiger partial charge in [-0.1, -0.05) is 305 Å². The minimum Gasteiger partial charge on any atom is -0.462 e. The fourth-order valence-electron chi connectivity index (χ4n) is 9.62. The first-order valence-electron chi connectivity index (χ1n) is 33.6. The van der Waals surface area contributed by atoms with Gasteiger partial charge in [0.05, 0.1) is 0 Å². The van der Waals surface area contributed by atoms with Crippen LogP contribution in [0.5, 0.6) is 0 Å². The lowest BCUT2D eigenvalue weighted by Gasteiger charge is -2.18. The fourth-order valence-corrected chi connectivity index (χ4v) is 9.62. The Bertz CT molecular complexity index is 1480. The highest BCUT2D eigenvalue weighted by Crippen LogP contribution is 2.17. The first-order valence-corrected chi connectivity index (χ1v) is 33.6. The third-order valence-electron chi connectivity index (χ3n) is 14.6. The fraction of sp³-hybridized carbons (Fsp3) is 0.764. The average Bonchev–Trinajstić information content (AvgIpc) is 3.44. The molecule has 0 bridgehead atoms. The molecule has 0 aromatic heterocycles. The van der Waals surface area contributed by atoms with Gasteiger partial charge in [0.1, 0.15) is 13.2 Å². The summed E-state index contributed by atoms with van der Waals surface area (Å²) in [5, 5.41) is 0. The van der Waals surface area contributed by atoms with Gasteiger partial charge in [-0.05, 0) is 96.3 Å². The second-order valence-corrected chi connectivity index (χ2v) is 22.4. The predicted molar refractivity (Wildman–Crippen MR) is 339 cm³/mol. The van der Waals surface area contributed by atoms with E-state index in [9.17, 15) is 14.4 Å². The SMILES string of the molecule is CC/C=C\C/C=C\C/C=C\C/C=C\CCCCCCCCCCCCCCCCCCCCC(=O)OCC(COC(=O)CCCCCCCCCCCC)OC(=O)CCCCCCCC/C=C\C/C=C\C/C=C\CCCCC. The molecule has 0 heterocycles. The lowest BCUT2D eigenvalue weighted by Crippen LogP contribution is -2.30. The second kappa shape index (κ2) is 66.1. The molecule has 0 saturated carbocycles. The van der Waals surface area contributed by atoms with Crippen molar-refractivity contribution in [2.45, 2.75) is 341 Å². The molecule has 0 amide bonds. The number of hydrogen-bond donors (Lipinski definition) is 0. The minimum absolute atomic E-state index is 0.0772. The topological polar surface area (TPSA) is 78.9 Å². The summed E-state index contributed by atoms with van der Waals surface area (Å²) in [6.45, 7) is 6.51. The number of esters is 3. The molecule has 0 aliphatic heterocycles. The van der Waals surface area contributed by atoms with E-state index in [4.69, 9.17) is 14.2 Å². The number of carbonyl (C=O) groups excluding carboxylic acids is 3. The monoisotopic (exact) mass is 1090 g/mol. The number of allylic oxidation sites excluding steroid dienone is 14. The first-order chi connectivity index (χ1) is 38.5. The Hall–Kier alpha value is -3.41. The van der Waals surface area contributed by atoms with Crippen molar-refractivity contribution >= 4 is 17.9 Å². The maximum Gasteiger partial charge on any atom is 0.306 e. The van der Waals surface area contributed by atoms with E-state index in [-0.39, 0.29) is 31.1 Å². The molecule has 0 aliphatic carbocycles. The van der Waals surface area contributed by atoms with Crippen LogP contribution < -0.4 is 0 Å². The molecule has 78 heavy (non-hydrogen) atoms. The van der Waals surface area contributed by atoms with E-state index in [1.807, 2.05) is 0 Å². The van der Waals surface area contributed by atoms with Gasteiger partial charge in [-0.15, -0.1) is 0 Å². The van der Waals surface area contributed by atoms with Crippen LogP contribution in [0, 0.1) is 0 Å². The molecule has 450 valence electrons. The highest BCUT2D eigenvalue weighted by molar-refractivity contribution is 5.71. The molecule has 0 N–H and O–H groups in total. The standard InChI is InChI=1S/C72H126O6/c1-4-7-10-13-16-19-22-24-26-28-30-31-32-33-34-35-36-37-38-39-40-41-43-44-46-48-50-53-56-59-62-65-71(74)77-68-69(67-76-70(73)64-61-58-55-52-21-18-15-12-9-6-3)78-72(75)66-63-60-57-54-51-49-47-45-42-29-27-25-23-20-17-14-11-8-5-2/h7,10,16-17,19-20,24-27,30-31,42,45,69H,4-6,8-9,11-15,18,21-23,28-29,32-41,43-44,46-68H2,1-3H3/b10-7-,19-16-,20-17-,26-24-,27-25-,31-30-,45-42-. The van der Waals surface area contributed by atoms with Crippen LogP contribution in [-0.4, -0.2) is 37.2 Å². The Labute approximate surface area is 484 Å². The van der Waals surface area contributed by atoms with Crippen LogP contribution in [0.3, 0.4) is 0 Å². The van der Waals surface area contributed by atoms with Crippen molar-refractivity contribution in [1.29, 1.82) is 0 Å². The zero-order valence-electron chi connectivity index (χ0n) is 51.7. The number of unbranched alkanes of at least 4 members (excludes halogenated alkanes) is 36. The highest BCUT2D eigenvalue weighted by atomic mass is 16.6. The van der Waals surface area contributed by atoms with Crippen molar-refractivity contribution in [2.24, 2.45) is 0 Å². The Morgan fingerprint density at radius 1 is 0.269 bits per heavy atom. The van der Waals surface area contributed by atoms with Crippen LogP contribution in [0.2, 0.25) is 0 Å². The zero-order chi connectivity index (χ0) is 56.4. The molecule has 0 spiro atoms. The summed E-state index contributed by atoms with van der Waals surface area (Å²) in [5.74, 6) is -0.876. The minimum atomic E-state index is -0.780. The maximum atomic E-state index is 12.9. The molecular formula is C72H126O6. The van der Waals surface area contributed by atoms with Crippen molar-refractivity contribution in [3.8, 4) is 0 Å². The van der Waals surface area contributed by atoms with E-state index >= 15 is 0 Å². The van der Waals surface area contributed by atoms with Crippen molar-refractivity contribution in [2.75, 3.05) is 13.2 Å². The summed E-state index contributed by atoms with van der Waals surface area (Å²) in [6, 6.07) is 0. The molecule has 0 rings (SSSR count). The number of carbonyl (C=O) groups is 3. The van der Waals surface area contributed by atoms with Crippen molar-refractivity contribution in [3.05, 3.63) is 85.1 Å². The predicted octanol–water partition coefficient (Wildman–Crippen LogP) is 23.1. The quantitative estimate of drug-likeness (QED) is 0.0261. The summed E-state index contributed by atoms with van der Waals surface area (Å²) in [5.41, 5.74) is 0. The summed E-state index contributed by atoms with van der Waals surface area (Å²) in [6.07, 6.45) is 87.5. The molecule has 0 aromatic carbocycles. The third-order valence-corrected chi connectivity index (χ3v) is 14.6. The van der Waals surface area contributed by atoms with E-state index in [0.717, 1.165) is 109 Å². The molecule has 0 aromatic rings. The van der Waals surface area contributed by atoms with Crippen LogP contribution in [0.1, 0.15) is 335 Å². The van der Waals surface area contributed by atoms with Crippen molar-refractivity contribution < 1.29 is 28.6 Å². The Morgan fingerprint density at radius 2 is 0.500 bits per heavy atom. The van der Waals surface area contributed by atoms with E-state index in [0.29, 0.717) is 19.3 Å². The molecule has 0 saturated heterocycles. The van der Waals surface area contributed by atoms with Gasteiger partial charge < -0.3 is 14.2 Å². The molecule has 0 fully saturated rings. The van der Waals surface area contributed by atoms with Crippen molar-refractivity contribution in [3.63, 3.8) is 0 Å². The number of hydrogen-bond acceptors (Lipinski definition) is 6. The molecular weight excluding hydrogens is 961 g/mol. The smallest absolute Gasteiger partial charge is 0.306 e. The van der Waals surface area contributed by atoms with Gasteiger partial charge in [-0.3, -0.25) is 14.4 Å². The van der Waals surface area contributed by atoms with Gasteiger partial charge in [-0.25, -0.2) is 0 Å². The lowest BCUT2D eigenvalue weighted by atomic mass is 10.0. The van der Waals surface area contributed by atoms with Crippen LogP contribution in [-0.2, 0) is 28.6 Å². The average molecular weight is 1090 g/mol. The Morgan fingerprint density at radius 3 is 0.808 bits per heavy atom. The normalized spacial score (nSPS) is 12.6. The van der Waals surface area contributed by atoms with Crippen LogP contribution in [0.4, 0.5) is 0 Å². The number of rotatable bonds is 61. The molecule has 0 aliphatic rings. The van der Waals surface area contributed by atoms with Crippen LogP contribution >= 0.6 is 0 Å². The van der Waals surface area contributed by atoms with Crippen LogP contribution in [0.25, 0.3) is 0 Å². The van der Waals surface area contributed by atoms with E-state index in [1.165, 1.54) is 186 Å². The third kappa shape index (κ3) is 63.4. The zero-order valence-corrected chi connectivity index (χ0v) is 51.7. The molecule has 6 nitrogen and oxygen atoms in total. The van der Waals surface area contributed by atoms with Crippen molar-refractivity contribution in [1.82, 2.24) is 0 Å². The van der Waals surface area contributed by atoms with E-state index in [2.05, 4.69) is 106 Å². The van der Waals surface area contributed by atoms with Gasteiger partial charge in [-0.2, -0.15) is 0 Å². The summed E-state index contributed by atoms with van der Waals surface area (Å²) in [4.78, 5) is 38.3. The molecule has 1 unspecified atom stereocenters. The van der Waals surface area contributed by atoms with Gasteiger partial charge in [0, 0.05) is 19.3 Å². The Kier molecular flexibility index (Phi) is 63.2. The van der Waals surface area contributed by atoms with E-state index < -0.39 is 6.10 Å². The molecule has 1 atom stereocenters. The largest absolute Gasteiger partial charge is 0.462 e. The highest BCUT2D eigenvalue weighted by Gasteiger charge is 2.19.